The third-order valence-electron chi connectivity index (χ3n) is 3.75. The molecule has 0 saturated carbocycles. The minimum absolute atomic E-state index is 0.142. The monoisotopic (exact) mass is 395 g/mol. The number of amides is 1. The molecule has 26 heavy (non-hydrogen) atoms. The Morgan fingerprint density at radius 3 is 2.04 bits per heavy atom. The molecule has 2 rings (SSSR count). The normalized spacial score (nSPS) is 11.4. The van der Waals surface area contributed by atoms with E-state index in [-0.39, 0.29) is 12.1 Å². The maximum absolute atomic E-state index is 12.6. The van der Waals surface area contributed by atoms with Gasteiger partial charge in [0.05, 0.1) is 19.4 Å². The quantitative estimate of drug-likeness (QED) is 0.563. The summed E-state index contributed by atoms with van der Waals surface area (Å²) in [6.07, 6.45) is 0.177. The Labute approximate surface area is 159 Å². The molecule has 0 aliphatic heterocycles. The van der Waals surface area contributed by atoms with Crippen molar-refractivity contribution in [3.63, 3.8) is 0 Å². The number of carbonyl (C=O) groups is 1. The fourth-order valence-electron chi connectivity index (χ4n) is 2.47. The minimum Gasteiger partial charge on any atom is -0.311 e. The first-order valence-corrected chi connectivity index (χ1v) is 10.5. The summed E-state index contributed by atoms with van der Waals surface area (Å²) in [4.78, 5) is 14.2. The van der Waals surface area contributed by atoms with Crippen LogP contribution in [0.1, 0.15) is 29.8 Å². The number of hydrogen-bond donors (Lipinski definition) is 0. The van der Waals surface area contributed by atoms with Crippen molar-refractivity contribution in [2.75, 3.05) is 25.2 Å². The van der Waals surface area contributed by atoms with Crippen LogP contribution >= 0.6 is 19.2 Å². The van der Waals surface area contributed by atoms with Gasteiger partial charge in [-0.1, -0.05) is 23.7 Å². The zero-order chi connectivity index (χ0) is 19.2. The second-order valence-corrected chi connectivity index (χ2v) is 8.13. The molecule has 0 heterocycles. The van der Waals surface area contributed by atoms with Crippen LogP contribution in [0.4, 0.5) is 5.69 Å². The van der Waals surface area contributed by atoms with Crippen molar-refractivity contribution in [3.8, 4) is 0 Å². The van der Waals surface area contributed by atoms with Crippen molar-refractivity contribution in [1.82, 2.24) is 0 Å². The third-order valence-corrected chi connectivity index (χ3v) is 6.05. The number of carbonyl (C=O) groups excluding carboxylic acids is 1. The lowest BCUT2D eigenvalue weighted by Crippen LogP contribution is -2.26. The van der Waals surface area contributed by atoms with Gasteiger partial charge < -0.3 is 13.9 Å². The van der Waals surface area contributed by atoms with Crippen LogP contribution < -0.4 is 4.90 Å². The summed E-state index contributed by atoms with van der Waals surface area (Å²) in [5.74, 6) is -0.142. The zero-order valence-corrected chi connectivity index (χ0v) is 16.8. The zero-order valence-electron chi connectivity index (χ0n) is 15.1. The third kappa shape index (κ3) is 5.42. The molecule has 140 valence electrons. The molecule has 0 unspecified atom stereocenters. The highest BCUT2D eigenvalue weighted by Gasteiger charge is 2.24. The number of benzene rings is 2. The molecule has 0 fully saturated rings. The van der Waals surface area contributed by atoms with Crippen LogP contribution in [0.3, 0.4) is 0 Å². The summed E-state index contributed by atoms with van der Waals surface area (Å²) < 4.78 is 23.2. The van der Waals surface area contributed by atoms with Gasteiger partial charge in [0.25, 0.3) is 5.91 Å². The highest BCUT2D eigenvalue weighted by atomic mass is 35.5. The van der Waals surface area contributed by atoms with Gasteiger partial charge in [-0.25, -0.2) is 0 Å². The van der Waals surface area contributed by atoms with Crippen molar-refractivity contribution < 1.29 is 18.4 Å². The first-order chi connectivity index (χ1) is 12.4. The summed E-state index contributed by atoms with van der Waals surface area (Å²) in [6, 6.07) is 14.0. The van der Waals surface area contributed by atoms with Gasteiger partial charge in [0.2, 0.25) is 0 Å². The number of anilines is 1. The standard InChI is InChI=1S/C19H23ClNO4P/c1-4-24-26(23,25-5-2)14-15-6-8-16(9-7-15)19(22)21(3)18-12-10-17(20)11-13-18/h6-13H,4-5,14H2,1-3H3. The maximum Gasteiger partial charge on any atom is 0.335 e. The van der Waals surface area contributed by atoms with Crippen molar-refractivity contribution >= 4 is 30.8 Å². The smallest absolute Gasteiger partial charge is 0.311 e. The predicted molar refractivity (Wildman–Crippen MR) is 105 cm³/mol. The number of nitrogens with zero attached hydrogens (tertiary/aromatic N) is 1. The fraction of sp³-hybridized carbons (Fsp3) is 0.316. The van der Waals surface area contributed by atoms with Gasteiger partial charge in [0, 0.05) is 23.3 Å². The van der Waals surface area contributed by atoms with E-state index in [1.807, 2.05) is 0 Å². The second-order valence-electron chi connectivity index (χ2n) is 5.64. The first kappa shape index (κ1) is 20.7. The van der Waals surface area contributed by atoms with Crippen LogP contribution in [-0.4, -0.2) is 26.2 Å². The molecule has 0 aliphatic carbocycles. The van der Waals surface area contributed by atoms with Gasteiger partial charge in [-0.05, 0) is 55.8 Å². The van der Waals surface area contributed by atoms with Crippen LogP contribution in [0.15, 0.2) is 48.5 Å². The van der Waals surface area contributed by atoms with Crippen molar-refractivity contribution in [3.05, 3.63) is 64.7 Å². The molecule has 0 atom stereocenters. The van der Waals surface area contributed by atoms with Gasteiger partial charge in [-0.3, -0.25) is 9.36 Å². The highest BCUT2D eigenvalue weighted by molar-refractivity contribution is 7.53. The molecule has 0 saturated heterocycles. The van der Waals surface area contributed by atoms with E-state index < -0.39 is 7.60 Å². The summed E-state index contributed by atoms with van der Waals surface area (Å²) in [5.41, 5.74) is 2.08. The fourth-order valence-corrected chi connectivity index (χ4v) is 4.30. The molecule has 0 spiro atoms. The number of hydrogen-bond acceptors (Lipinski definition) is 4. The Morgan fingerprint density at radius 2 is 1.54 bits per heavy atom. The predicted octanol–water partition coefficient (Wildman–Crippen LogP) is 5.38. The molecule has 0 aliphatic rings. The maximum atomic E-state index is 12.6. The molecule has 1 amide bonds. The molecule has 2 aromatic carbocycles. The van der Waals surface area contributed by atoms with Gasteiger partial charge in [0.15, 0.2) is 0 Å². The molecule has 0 aromatic heterocycles. The molecule has 0 radical (unpaired) electrons. The molecule has 7 heteroatoms. The Kier molecular flexibility index (Phi) is 7.42. The Balaban J connectivity index is 2.11. The van der Waals surface area contributed by atoms with Gasteiger partial charge in [-0.2, -0.15) is 0 Å². The molecular weight excluding hydrogens is 373 g/mol. The van der Waals surface area contributed by atoms with Gasteiger partial charge in [-0.15, -0.1) is 0 Å². The average Bonchev–Trinajstić information content (AvgIpc) is 2.62. The van der Waals surface area contributed by atoms with Crippen molar-refractivity contribution in [2.45, 2.75) is 20.0 Å². The van der Waals surface area contributed by atoms with Crippen molar-refractivity contribution in [1.29, 1.82) is 0 Å². The van der Waals surface area contributed by atoms with E-state index in [2.05, 4.69) is 0 Å². The van der Waals surface area contributed by atoms with E-state index in [1.54, 1.807) is 74.3 Å². The lowest BCUT2D eigenvalue weighted by molar-refractivity contribution is 0.0993. The van der Waals surface area contributed by atoms with Crippen molar-refractivity contribution in [2.24, 2.45) is 0 Å². The van der Waals surface area contributed by atoms with Crippen LogP contribution in [0.2, 0.25) is 5.02 Å². The summed E-state index contributed by atoms with van der Waals surface area (Å²) in [5, 5.41) is 0.618. The Morgan fingerprint density at radius 1 is 1.00 bits per heavy atom. The number of halogens is 1. The van der Waals surface area contributed by atoms with Crippen LogP contribution in [0.25, 0.3) is 0 Å². The number of rotatable bonds is 8. The lowest BCUT2D eigenvalue weighted by Gasteiger charge is -2.19. The van der Waals surface area contributed by atoms with E-state index in [0.717, 1.165) is 11.3 Å². The SMILES string of the molecule is CCOP(=O)(Cc1ccc(C(=O)N(C)c2ccc(Cl)cc2)cc1)OCC. The lowest BCUT2D eigenvalue weighted by atomic mass is 10.1. The topological polar surface area (TPSA) is 55.8 Å². The van der Waals surface area contributed by atoms with Crippen LogP contribution in [-0.2, 0) is 19.8 Å². The van der Waals surface area contributed by atoms with Crippen LogP contribution in [0, 0.1) is 0 Å². The van der Waals surface area contributed by atoms with E-state index in [0.29, 0.717) is 23.8 Å². The largest absolute Gasteiger partial charge is 0.335 e. The molecule has 0 bridgehead atoms. The van der Waals surface area contributed by atoms with E-state index >= 15 is 0 Å². The summed E-state index contributed by atoms with van der Waals surface area (Å²) in [6.45, 7) is 4.19. The Bertz CT molecular complexity index is 767. The van der Waals surface area contributed by atoms with E-state index in [1.165, 1.54) is 0 Å². The second kappa shape index (κ2) is 9.33. The molecule has 5 nitrogen and oxygen atoms in total. The average molecular weight is 396 g/mol. The minimum atomic E-state index is -3.16. The van der Waals surface area contributed by atoms with E-state index in [9.17, 15) is 9.36 Å². The molecule has 0 N–H and O–H groups in total. The molecule has 2 aromatic rings. The Hall–Kier alpha value is -1.65. The molecular formula is C19H23ClNO4P. The van der Waals surface area contributed by atoms with E-state index in [4.69, 9.17) is 20.6 Å². The summed E-state index contributed by atoms with van der Waals surface area (Å²) in [7, 11) is -1.45. The van der Waals surface area contributed by atoms with Gasteiger partial charge in [0.1, 0.15) is 0 Å². The first-order valence-electron chi connectivity index (χ1n) is 8.39. The highest BCUT2D eigenvalue weighted by Crippen LogP contribution is 2.51. The van der Waals surface area contributed by atoms with Gasteiger partial charge >= 0.3 is 7.60 Å². The summed E-state index contributed by atoms with van der Waals surface area (Å²) >= 11 is 5.88. The van der Waals surface area contributed by atoms with Crippen LogP contribution in [0.5, 0.6) is 0 Å².